The van der Waals surface area contributed by atoms with Gasteiger partial charge in [0.1, 0.15) is 22.2 Å². The molecule has 9 heteroatoms. The molecule has 0 aliphatic carbocycles. The van der Waals surface area contributed by atoms with Crippen LogP contribution in [0.2, 0.25) is 0 Å². The maximum Gasteiger partial charge on any atom is 0.257 e. The number of nitrogens with zero attached hydrogens (tertiary/aromatic N) is 2. The molecule has 0 spiro atoms. The Morgan fingerprint density at radius 1 is 1.48 bits per heavy atom. The van der Waals surface area contributed by atoms with Gasteiger partial charge in [0.2, 0.25) is 5.88 Å². The molecule has 3 heterocycles. The van der Waals surface area contributed by atoms with E-state index in [4.69, 9.17) is 10.5 Å². The lowest BCUT2D eigenvalue weighted by atomic mass is 9.84. The molecule has 0 radical (unpaired) electrons. The highest BCUT2D eigenvalue weighted by Crippen LogP contribution is 2.45. The average Bonchev–Trinajstić information content (AvgIpc) is 3.04. The second-order valence-corrected chi connectivity index (χ2v) is 6.87. The Kier molecular flexibility index (Phi) is 4.05. The normalized spacial score (nSPS) is 16.0. The lowest BCUT2D eigenvalue weighted by molar-refractivity contribution is 0.396. The van der Waals surface area contributed by atoms with Crippen molar-refractivity contribution in [1.29, 1.82) is 5.26 Å². The van der Waals surface area contributed by atoms with Crippen molar-refractivity contribution in [3.63, 3.8) is 0 Å². The van der Waals surface area contributed by atoms with Crippen molar-refractivity contribution in [1.82, 2.24) is 9.97 Å². The molecule has 7 nitrogen and oxygen atoms in total. The Labute approximate surface area is 156 Å². The molecule has 27 heavy (non-hydrogen) atoms. The molecule has 1 aliphatic heterocycles. The van der Waals surface area contributed by atoms with E-state index < -0.39 is 17.3 Å². The van der Waals surface area contributed by atoms with Crippen LogP contribution < -0.4 is 21.3 Å². The average molecular weight is 383 g/mol. The smallest absolute Gasteiger partial charge is 0.257 e. The summed E-state index contributed by atoms with van der Waals surface area (Å²) < 4.78 is 20.7. The van der Waals surface area contributed by atoms with Gasteiger partial charge in [-0.15, -0.1) is 0 Å². The topological polar surface area (TPSA) is 117 Å². The minimum absolute atomic E-state index is 0.00567. The number of rotatable bonds is 3. The van der Waals surface area contributed by atoms with Gasteiger partial charge in [-0.05, 0) is 13.0 Å². The zero-order valence-corrected chi connectivity index (χ0v) is 15.0. The van der Waals surface area contributed by atoms with Crippen LogP contribution >= 0.6 is 11.3 Å². The van der Waals surface area contributed by atoms with E-state index in [1.165, 1.54) is 29.5 Å². The number of halogens is 1. The van der Waals surface area contributed by atoms with Crippen LogP contribution in [0.3, 0.4) is 0 Å². The third-order valence-electron chi connectivity index (χ3n) is 4.27. The van der Waals surface area contributed by atoms with Gasteiger partial charge in [-0.2, -0.15) is 5.26 Å². The maximum atomic E-state index is 14.5. The Hall–Kier alpha value is -3.38. The predicted octanol–water partition coefficient (Wildman–Crippen LogP) is 2.77. The molecule has 3 aromatic rings. The molecule has 4 N–H and O–H groups in total. The maximum absolute atomic E-state index is 14.5. The fraction of sp³-hybridized carbons (Fsp3) is 0.167. The van der Waals surface area contributed by atoms with Crippen LogP contribution in [0.15, 0.2) is 40.5 Å². The molecule has 1 aromatic carbocycles. The number of nitrogens with one attached hydrogen (secondary N) is 2. The van der Waals surface area contributed by atoms with Crippen LogP contribution in [0.1, 0.15) is 24.0 Å². The van der Waals surface area contributed by atoms with E-state index in [-0.39, 0.29) is 28.3 Å². The third-order valence-corrected chi connectivity index (χ3v) is 5.29. The Morgan fingerprint density at radius 3 is 2.96 bits per heavy atom. The van der Waals surface area contributed by atoms with E-state index in [0.29, 0.717) is 22.0 Å². The lowest BCUT2D eigenvalue weighted by Crippen LogP contribution is -2.28. The summed E-state index contributed by atoms with van der Waals surface area (Å²) in [6, 6.07) is 7.94. The molecule has 0 saturated carbocycles. The van der Waals surface area contributed by atoms with Crippen LogP contribution in [0.25, 0.3) is 10.3 Å². The second-order valence-electron chi connectivity index (χ2n) is 5.87. The summed E-state index contributed by atoms with van der Waals surface area (Å²) in [5.74, 6) is -1.44. The number of nitriles is 1. The van der Waals surface area contributed by atoms with Crippen molar-refractivity contribution >= 4 is 26.8 Å². The highest BCUT2D eigenvalue weighted by atomic mass is 32.1. The van der Waals surface area contributed by atoms with E-state index in [1.807, 2.05) is 13.0 Å². The summed E-state index contributed by atoms with van der Waals surface area (Å²) in [4.78, 5) is 19.9. The van der Waals surface area contributed by atoms with Gasteiger partial charge in [-0.25, -0.2) is 9.37 Å². The van der Waals surface area contributed by atoms with Gasteiger partial charge in [0.15, 0.2) is 16.5 Å². The molecule has 0 fully saturated rings. The summed E-state index contributed by atoms with van der Waals surface area (Å²) in [7, 11) is 0. The van der Waals surface area contributed by atoms with Gasteiger partial charge >= 0.3 is 0 Å². The van der Waals surface area contributed by atoms with Gasteiger partial charge in [0, 0.05) is 12.1 Å². The van der Waals surface area contributed by atoms with Crippen LogP contribution in [-0.4, -0.2) is 16.5 Å². The SMILES string of the molecule is CCNc1nc2[nH]c(=O)c3c(c2s1)OC(N)=C(C#N)C3c1ccccc1F. The summed E-state index contributed by atoms with van der Waals surface area (Å²) in [5.41, 5.74) is 6.13. The van der Waals surface area contributed by atoms with Crippen LogP contribution in [-0.2, 0) is 0 Å². The van der Waals surface area contributed by atoms with Crippen molar-refractivity contribution in [3.05, 3.63) is 63.0 Å². The van der Waals surface area contributed by atoms with E-state index in [2.05, 4.69) is 15.3 Å². The number of nitrogens with two attached hydrogens (primary N) is 1. The molecule has 2 aromatic heterocycles. The number of allylic oxidation sites excluding steroid dienone is 1. The van der Waals surface area contributed by atoms with Crippen LogP contribution in [0.4, 0.5) is 9.52 Å². The number of aromatic amines is 1. The van der Waals surface area contributed by atoms with Gasteiger partial charge < -0.3 is 20.8 Å². The van der Waals surface area contributed by atoms with E-state index in [0.717, 1.165) is 0 Å². The van der Waals surface area contributed by atoms with Crippen molar-refractivity contribution in [3.8, 4) is 11.8 Å². The quantitative estimate of drug-likeness (QED) is 0.640. The zero-order valence-electron chi connectivity index (χ0n) is 14.2. The van der Waals surface area contributed by atoms with E-state index >= 15 is 0 Å². The van der Waals surface area contributed by atoms with E-state index in [1.54, 1.807) is 6.07 Å². The van der Waals surface area contributed by atoms with Crippen molar-refractivity contribution in [2.24, 2.45) is 5.73 Å². The van der Waals surface area contributed by atoms with Gasteiger partial charge in [-0.3, -0.25) is 4.79 Å². The molecular weight excluding hydrogens is 369 g/mol. The first-order chi connectivity index (χ1) is 13.0. The molecule has 1 atom stereocenters. The monoisotopic (exact) mass is 383 g/mol. The number of aromatic nitrogens is 2. The minimum atomic E-state index is -0.960. The number of ether oxygens (including phenoxy) is 1. The Balaban J connectivity index is 2.05. The number of hydrogen-bond donors (Lipinski definition) is 3. The molecule has 4 rings (SSSR count). The first-order valence-corrected chi connectivity index (χ1v) is 8.99. The fourth-order valence-corrected chi connectivity index (χ4v) is 4.13. The molecule has 0 bridgehead atoms. The summed E-state index contributed by atoms with van der Waals surface area (Å²) in [5, 5.41) is 13.3. The number of fused-ring (bicyclic) bond motifs is 3. The predicted molar refractivity (Wildman–Crippen MR) is 100 cm³/mol. The first kappa shape index (κ1) is 17.1. The van der Waals surface area contributed by atoms with E-state index in [9.17, 15) is 14.4 Å². The largest absolute Gasteiger partial charge is 0.438 e. The number of anilines is 1. The highest BCUT2D eigenvalue weighted by Gasteiger charge is 2.36. The van der Waals surface area contributed by atoms with Crippen molar-refractivity contribution in [2.75, 3.05) is 11.9 Å². The first-order valence-electron chi connectivity index (χ1n) is 8.17. The van der Waals surface area contributed by atoms with Gasteiger partial charge in [-0.1, -0.05) is 29.5 Å². The number of pyridine rings is 1. The van der Waals surface area contributed by atoms with Crippen molar-refractivity contribution in [2.45, 2.75) is 12.8 Å². The number of thiazole rings is 1. The third kappa shape index (κ3) is 2.62. The van der Waals surface area contributed by atoms with Crippen molar-refractivity contribution < 1.29 is 9.13 Å². The fourth-order valence-electron chi connectivity index (χ4n) is 3.14. The molecule has 0 saturated heterocycles. The number of H-pyrrole nitrogens is 1. The Bertz CT molecular complexity index is 1190. The summed E-state index contributed by atoms with van der Waals surface area (Å²) in [6.45, 7) is 2.58. The van der Waals surface area contributed by atoms with Crippen LogP contribution in [0, 0.1) is 17.1 Å². The molecule has 136 valence electrons. The molecule has 1 unspecified atom stereocenters. The standard InChI is InChI=1S/C18H14FN5O2S/c1-2-22-18-24-16-14(27-18)13-12(17(25)23-16)11(9(7-20)15(21)26-13)8-5-3-4-6-10(8)19/h3-6,11H,2,21H2,1H3,(H2,22,23,24,25). The van der Waals surface area contributed by atoms with Gasteiger partial charge in [0.25, 0.3) is 5.56 Å². The van der Waals surface area contributed by atoms with Crippen LogP contribution in [0.5, 0.6) is 5.75 Å². The summed E-state index contributed by atoms with van der Waals surface area (Å²) in [6.07, 6.45) is 0. The number of benzene rings is 1. The minimum Gasteiger partial charge on any atom is -0.438 e. The molecule has 1 aliphatic rings. The number of hydrogen-bond acceptors (Lipinski definition) is 7. The lowest BCUT2D eigenvalue weighted by Gasteiger charge is -2.25. The van der Waals surface area contributed by atoms with Gasteiger partial charge in [0.05, 0.1) is 11.5 Å². The molecule has 0 amide bonds. The zero-order chi connectivity index (χ0) is 19.1. The highest BCUT2D eigenvalue weighted by molar-refractivity contribution is 7.22. The Morgan fingerprint density at radius 2 is 2.26 bits per heavy atom. The molecular formula is C18H14FN5O2S. The second kappa shape index (κ2) is 6.41. The summed E-state index contributed by atoms with van der Waals surface area (Å²) >= 11 is 1.29.